The van der Waals surface area contributed by atoms with E-state index in [1.807, 2.05) is 17.4 Å². The molecule has 0 radical (unpaired) electrons. The van der Waals surface area contributed by atoms with Gasteiger partial charge in [0.2, 0.25) is 0 Å². The Labute approximate surface area is 295 Å². The predicted octanol–water partition coefficient (Wildman–Crippen LogP) is 14.6. The molecule has 0 N–H and O–H groups in total. The standard InChI is InChI=1S/C48H26O2S/c1-2-12-28-26-42-38(25-27(28)11-1)46-41(51-42)24-23-40-45(46)37-21-10-20-36(48(37)50-40)44-32-16-5-3-14-30(32)43(31-15-4-6-17-33(31)44)35-19-9-18-34-29-13-7-8-22-39(29)49-47(34)35/h1-26H. The van der Waals surface area contributed by atoms with Crippen LogP contribution in [0.3, 0.4) is 0 Å². The van der Waals surface area contributed by atoms with Crippen LogP contribution in [-0.2, 0) is 0 Å². The first-order valence-corrected chi connectivity index (χ1v) is 18.2. The van der Waals surface area contributed by atoms with Gasteiger partial charge in [0.25, 0.3) is 0 Å². The van der Waals surface area contributed by atoms with Crippen LogP contribution in [-0.4, -0.2) is 0 Å². The van der Waals surface area contributed by atoms with Crippen molar-refractivity contribution in [3.8, 4) is 22.3 Å². The summed E-state index contributed by atoms with van der Waals surface area (Å²) in [4.78, 5) is 0. The summed E-state index contributed by atoms with van der Waals surface area (Å²) in [6.45, 7) is 0. The lowest BCUT2D eigenvalue weighted by molar-refractivity contribution is 0.670. The molecule has 3 aromatic heterocycles. The van der Waals surface area contributed by atoms with E-state index in [1.54, 1.807) is 0 Å². The second kappa shape index (κ2) is 10.1. The zero-order valence-corrected chi connectivity index (χ0v) is 28.1. The van der Waals surface area contributed by atoms with Crippen molar-refractivity contribution >= 4 is 108 Å². The number of para-hydroxylation sites is 3. The molecular weight excluding hydrogens is 641 g/mol. The van der Waals surface area contributed by atoms with Crippen LogP contribution < -0.4 is 0 Å². The van der Waals surface area contributed by atoms with Gasteiger partial charge in [0, 0.05) is 64.0 Å². The summed E-state index contributed by atoms with van der Waals surface area (Å²) in [5, 5.41) is 14.4. The van der Waals surface area contributed by atoms with Crippen molar-refractivity contribution in [3.63, 3.8) is 0 Å². The van der Waals surface area contributed by atoms with Gasteiger partial charge in [0.15, 0.2) is 0 Å². The van der Waals surface area contributed by atoms with Gasteiger partial charge in [-0.15, -0.1) is 11.3 Å². The molecule has 3 heterocycles. The Balaban J connectivity index is 1.19. The molecule has 0 spiro atoms. The fraction of sp³-hybridized carbons (Fsp3) is 0. The molecule has 0 amide bonds. The first kappa shape index (κ1) is 27.4. The Morgan fingerprint density at radius 1 is 0.333 bits per heavy atom. The fourth-order valence-electron chi connectivity index (χ4n) is 8.69. The van der Waals surface area contributed by atoms with Crippen LogP contribution in [0.2, 0.25) is 0 Å². The molecule has 0 unspecified atom stereocenters. The largest absolute Gasteiger partial charge is 0.455 e. The maximum Gasteiger partial charge on any atom is 0.143 e. The van der Waals surface area contributed by atoms with Crippen LogP contribution >= 0.6 is 11.3 Å². The van der Waals surface area contributed by atoms with E-state index >= 15 is 0 Å². The summed E-state index contributed by atoms with van der Waals surface area (Å²) in [5.41, 5.74) is 8.23. The van der Waals surface area contributed by atoms with E-state index in [-0.39, 0.29) is 0 Å². The lowest BCUT2D eigenvalue weighted by Crippen LogP contribution is -1.91. The van der Waals surface area contributed by atoms with Gasteiger partial charge in [0.1, 0.15) is 22.3 Å². The molecule has 0 aliphatic carbocycles. The maximum absolute atomic E-state index is 6.95. The quantitative estimate of drug-likeness (QED) is 0.172. The number of furan rings is 2. The first-order chi connectivity index (χ1) is 25.3. The lowest BCUT2D eigenvalue weighted by Gasteiger charge is -2.18. The third-order valence-electron chi connectivity index (χ3n) is 10.8. The van der Waals surface area contributed by atoms with E-state index in [1.165, 1.54) is 69.0 Å². The molecular formula is C48H26O2S. The summed E-state index contributed by atoms with van der Waals surface area (Å²) in [6.07, 6.45) is 0. The number of hydrogen-bond acceptors (Lipinski definition) is 3. The number of thiophene rings is 1. The van der Waals surface area contributed by atoms with Crippen molar-refractivity contribution in [2.45, 2.75) is 0 Å². The number of fused-ring (bicyclic) bond motifs is 13. The van der Waals surface area contributed by atoms with Crippen LogP contribution in [0, 0.1) is 0 Å². The average molecular weight is 667 g/mol. The van der Waals surface area contributed by atoms with Crippen LogP contribution in [0.1, 0.15) is 0 Å². The SMILES string of the molecule is c1ccc2cc3c(cc2c1)sc1ccc2oc4c(-c5c6ccccc6c(-c6cccc7c6oc6ccccc67)c6ccccc56)cccc4c2c13. The van der Waals surface area contributed by atoms with E-state index in [0.717, 1.165) is 49.6 Å². The smallest absolute Gasteiger partial charge is 0.143 e. The molecule has 0 aliphatic rings. The predicted molar refractivity (Wildman–Crippen MR) is 217 cm³/mol. The minimum Gasteiger partial charge on any atom is -0.455 e. The van der Waals surface area contributed by atoms with Crippen LogP contribution in [0.5, 0.6) is 0 Å². The minimum absolute atomic E-state index is 0.905. The number of benzene rings is 9. The van der Waals surface area contributed by atoms with Gasteiger partial charge in [-0.3, -0.25) is 0 Å². The summed E-state index contributed by atoms with van der Waals surface area (Å²) in [7, 11) is 0. The van der Waals surface area contributed by atoms with Crippen molar-refractivity contribution in [1.29, 1.82) is 0 Å². The highest BCUT2D eigenvalue weighted by Gasteiger charge is 2.23. The third-order valence-corrected chi connectivity index (χ3v) is 12.0. The second-order valence-electron chi connectivity index (χ2n) is 13.5. The van der Waals surface area contributed by atoms with E-state index in [9.17, 15) is 0 Å². The zero-order chi connectivity index (χ0) is 33.2. The topological polar surface area (TPSA) is 26.3 Å². The Bertz CT molecular complexity index is 3370. The first-order valence-electron chi connectivity index (χ1n) is 17.3. The number of rotatable bonds is 2. The van der Waals surface area contributed by atoms with Crippen molar-refractivity contribution in [2.24, 2.45) is 0 Å². The molecule has 0 saturated carbocycles. The molecule has 0 atom stereocenters. The third kappa shape index (κ3) is 3.71. The zero-order valence-electron chi connectivity index (χ0n) is 27.2. The minimum atomic E-state index is 0.905. The van der Waals surface area contributed by atoms with Crippen molar-refractivity contribution in [1.82, 2.24) is 0 Å². The Morgan fingerprint density at radius 3 is 1.55 bits per heavy atom. The van der Waals surface area contributed by atoms with Gasteiger partial charge in [-0.25, -0.2) is 0 Å². The normalized spacial score (nSPS) is 12.3. The summed E-state index contributed by atoms with van der Waals surface area (Å²) >= 11 is 1.86. The molecule has 12 rings (SSSR count). The van der Waals surface area contributed by atoms with E-state index in [2.05, 4.69) is 152 Å². The molecule has 0 saturated heterocycles. The molecule has 0 fully saturated rings. The molecule has 9 aromatic carbocycles. The number of hydrogen-bond donors (Lipinski definition) is 0. The molecule has 51 heavy (non-hydrogen) atoms. The van der Waals surface area contributed by atoms with Gasteiger partial charge < -0.3 is 8.83 Å². The second-order valence-corrected chi connectivity index (χ2v) is 14.6. The van der Waals surface area contributed by atoms with E-state index < -0.39 is 0 Å². The van der Waals surface area contributed by atoms with Gasteiger partial charge >= 0.3 is 0 Å². The van der Waals surface area contributed by atoms with Crippen molar-refractivity contribution in [3.05, 3.63) is 158 Å². The van der Waals surface area contributed by atoms with Crippen molar-refractivity contribution < 1.29 is 8.83 Å². The Hall–Kier alpha value is -6.42. The highest BCUT2D eigenvalue weighted by atomic mass is 32.1. The molecule has 3 heteroatoms. The summed E-state index contributed by atoms with van der Waals surface area (Å²) < 4.78 is 16.1. The molecule has 2 nitrogen and oxygen atoms in total. The monoisotopic (exact) mass is 666 g/mol. The fourth-order valence-corrected chi connectivity index (χ4v) is 9.83. The lowest BCUT2D eigenvalue weighted by atomic mass is 9.85. The van der Waals surface area contributed by atoms with E-state index in [4.69, 9.17) is 8.83 Å². The summed E-state index contributed by atoms with van der Waals surface area (Å²) in [5.74, 6) is 0. The molecule has 12 aromatic rings. The molecule has 0 bridgehead atoms. The average Bonchev–Trinajstić information content (AvgIpc) is 3.87. The van der Waals surface area contributed by atoms with Crippen LogP contribution in [0.4, 0.5) is 0 Å². The van der Waals surface area contributed by atoms with Gasteiger partial charge in [-0.2, -0.15) is 0 Å². The van der Waals surface area contributed by atoms with Crippen LogP contribution in [0.25, 0.3) is 119 Å². The Kier molecular flexibility index (Phi) is 5.41. The maximum atomic E-state index is 6.95. The van der Waals surface area contributed by atoms with Gasteiger partial charge in [0.05, 0.1) is 0 Å². The highest BCUT2D eigenvalue weighted by Crippen LogP contribution is 2.50. The van der Waals surface area contributed by atoms with Gasteiger partial charge in [-0.1, -0.05) is 127 Å². The highest BCUT2D eigenvalue weighted by molar-refractivity contribution is 7.26. The Morgan fingerprint density at radius 2 is 0.863 bits per heavy atom. The van der Waals surface area contributed by atoms with Gasteiger partial charge in [-0.05, 0) is 62.6 Å². The van der Waals surface area contributed by atoms with E-state index in [0.29, 0.717) is 0 Å². The molecule has 236 valence electrons. The van der Waals surface area contributed by atoms with Crippen LogP contribution in [0.15, 0.2) is 167 Å². The van der Waals surface area contributed by atoms with Crippen molar-refractivity contribution in [2.75, 3.05) is 0 Å². The summed E-state index contributed by atoms with van der Waals surface area (Å²) in [6, 6.07) is 56.9. The molecule has 0 aliphatic heterocycles.